The van der Waals surface area contributed by atoms with Gasteiger partial charge in [-0.2, -0.15) is 0 Å². The zero-order chi connectivity index (χ0) is 44.7. The molecule has 18 heteroatoms. The number of aromatic nitrogens is 6. The molecule has 0 fully saturated rings. The fourth-order valence-electron chi connectivity index (χ4n) is 7.09. The SMILES string of the molecule is CC(=O)n1c(=O)c(C=C=Cc2c(Nc3ccccc3)c3c(=O)n(-c4ccc(C(=O)O)cc4)[nH]c3n(C(C)=O)c2=O)c(Nc2ccccc2)c2c(=O)n(-c3ccc(C(=O)O)cc3)[nH]c21. The molecular weight excluding hydrogens is 813 g/mol. The number of carbonyl (C=O) groups is 4. The molecule has 8 rings (SSSR count). The van der Waals surface area contributed by atoms with E-state index in [2.05, 4.69) is 26.6 Å². The molecule has 0 bridgehead atoms. The van der Waals surface area contributed by atoms with Crippen molar-refractivity contribution in [3.63, 3.8) is 0 Å². The third-order valence-corrected chi connectivity index (χ3v) is 10.0. The molecule has 4 heterocycles. The molecule has 0 aliphatic carbocycles. The summed E-state index contributed by atoms with van der Waals surface area (Å²) < 4.78 is 3.62. The molecule has 0 saturated heterocycles. The van der Waals surface area contributed by atoms with Gasteiger partial charge in [0.1, 0.15) is 10.8 Å². The minimum atomic E-state index is -1.19. The lowest BCUT2D eigenvalue weighted by atomic mass is 10.1. The van der Waals surface area contributed by atoms with E-state index >= 15 is 0 Å². The zero-order valence-corrected chi connectivity index (χ0v) is 33.0. The molecule has 0 spiro atoms. The number of carboxylic acids is 2. The Labute approximate surface area is 352 Å². The van der Waals surface area contributed by atoms with Crippen LogP contribution in [0.5, 0.6) is 0 Å². The van der Waals surface area contributed by atoms with Crippen LogP contribution < -0.4 is 32.9 Å². The van der Waals surface area contributed by atoms with E-state index in [1.165, 1.54) is 48.5 Å². The standard InChI is InChI=1S/C45H32N8O10/c1-24(54)50-38-34(42(58)52(48-38)30-20-16-26(17-21-30)44(60)61)36(46-28-10-5-3-6-11-28)32(40(50)56)14-9-15-33-37(47-29-12-7-4-8-13-29)35-39(51(25(2)55)41(33)57)49-53(43(35)59)31-22-18-27(19-23-31)45(62)63/h3-8,10-23,46-49H,1-2H3,(H,60,61)(H,62,63). The van der Waals surface area contributed by atoms with Crippen molar-refractivity contribution in [2.24, 2.45) is 0 Å². The average molecular weight is 845 g/mol. The van der Waals surface area contributed by atoms with Crippen molar-refractivity contribution < 1.29 is 29.4 Å². The number of anilines is 4. The summed E-state index contributed by atoms with van der Waals surface area (Å²) >= 11 is 0. The molecule has 4 aromatic carbocycles. The third kappa shape index (κ3) is 7.26. The van der Waals surface area contributed by atoms with Crippen LogP contribution in [-0.4, -0.2) is 62.7 Å². The van der Waals surface area contributed by atoms with E-state index in [1.807, 2.05) is 0 Å². The van der Waals surface area contributed by atoms with Crippen LogP contribution in [0.15, 0.2) is 134 Å². The van der Waals surface area contributed by atoms with Crippen molar-refractivity contribution >= 4 is 80.7 Å². The van der Waals surface area contributed by atoms with Crippen molar-refractivity contribution in [1.82, 2.24) is 28.7 Å². The van der Waals surface area contributed by atoms with E-state index in [0.29, 0.717) is 11.4 Å². The fraction of sp³-hybridized carbons (Fsp3) is 0.0444. The Morgan fingerprint density at radius 2 is 0.873 bits per heavy atom. The number of carbonyl (C=O) groups excluding carboxylic acids is 2. The van der Waals surface area contributed by atoms with Crippen molar-refractivity contribution in [2.75, 3.05) is 10.6 Å². The second-order valence-corrected chi connectivity index (χ2v) is 14.0. The quantitative estimate of drug-likeness (QED) is 0.0894. The number of aromatic amines is 2. The monoisotopic (exact) mass is 844 g/mol. The molecule has 0 amide bonds. The van der Waals surface area contributed by atoms with Gasteiger partial charge in [0.25, 0.3) is 22.2 Å². The minimum Gasteiger partial charge on any atom is -0.478 e. The van der Waals surface area contributed by atoms with Gasteiger partial charge in [-0.3, -0.25) is 39.0 Å². The number of pyridine rings is 2. The summed E-state index contributed by atoms with van der Waals surface area (Å²) in [6.07, 6.45) is 2.30. The third-order valence-electron chi connectivity index (χ3n) is 10.0. The number of H-pyrrole nitrogens is 2. The summed E-state index contributed by atoms with van der Waals surface area (Å²) in [4.78, 5) is 107. The number of carboxylic acid groups (broad SMARTS) is 2. The highest BCUT2D eigenvalue weighted by Gasteiger charge is 2.26. The number of aromatic carboxylic acids is 2. The lowest BCUT2D eigenvalue weighted by Crippen LogP contribution is -2.28. The first-order valence-corrected chi connectivity index (χ1v) is 18.9. The van der Waals surface area contributed by atoms with Crippen molar-refractivity contribution in [1.29, 1.82) is 0 Å². The molecule has 63 heavy (non-hydrogen) atoms. The van der Waals surface area contributed by atoms with Gasteiger partial charge in [-0.1, -0.05) is 36.4 Å². The molecule has 0 radical (unpaired) electrons. The first-order valence-electron chi connectivity index (χ1n) is 18.9. The number of fused-ring (bicyclic) bond motifs is 2. The van der Waals surface area contributed by atoms with Gasteiger partial charge in [-0.15, -0.1) is 5.73 Å². The van der Waals surface area contributed by atoms with Gasteiger partial charge < -0.3 is 20.8 Å². The van der Waals surface area contributed by atoms with Crippen LogP contribution in [0.1, 0.15) is 55.3 Å². The van der Waals surface area contributed by atoms with Gasteiger partial charge in [-0.25, -0.2) is 28.1 Å². The average Bonchev–Trinajstić information content (AvgIpc) is 3.78. The topological polar surface area (TPSA) is 252 Å². The van der Waals surface area contributed by atoms with Crippen LogP contribution in [0, 0.1) is 0 Å². The summed E-state index contributed by atoms with van der Waals surface area (Å²) in [5, 5.41) is 30.4. The number of hydrogen-bond donors (Lipinski definition) is 6. The second-order valence-electron chi connectivity index (χ2n) is 14.0. The minimum absolute atomic E-state index is 0.0417. The van der Waals surface area contributed by atoms with Crippen LogP contribution in [0.25, 0.3) is 45.6 Å². The number of nitrogens with one attached hydrogen (secondary N) is 4. The van der Waals surface area contributed by atoms with Crippen LogP contribution in [-0.2, 0) is 0 Å². The maximum absolute atomic E-state index is 14.4. The van der Waals surface area contributed by atoms with E-state index in [1.54, 1.807) is 60.7 Å². The number of benzene rings is 4. The molecule has 4 aromatic heterocycles. The van der Waals surface area contributed by atoms with E-state index < -0.39 is 46.0 Å². The summed E-state index contributed by atoms with van der Waals surface area (Å²) in [5.41, 5.74) is -0.147. The van der Waals surface area contributed by atoms with Crippen LogP contribution >= 0.6 is 0 Å². The molecule has 8 aromatic rings. The number of hydrogen-bond acceptors (Lipinski definition) is 10. The molecule has 0 aliphatic rings. The van der Waals surface area contributed by atoms with Crippen molar-refractivity contribution in [3.8, 4) is 11.4 Å². The van der Waals surface area contributed by atoms with Crippen molar-refractivity contribution in [2.45, 2.75) is 13.8 Å². The molecule has 0 aliphatic heterocycles. The smallest absolute Gasteiger partial charge is 0.335 e. The van der Waals surface area contributed by atoms with Gasteiger partial charge in [0.2, 0.25) is 11.8 Å². The zero-order valence-electron chi connectivity index (χ0n) is 33.0. The molecule has 0 unspecified atom stereocenters. The van der Waals surface area contributed by atoms with Gasteiger partial charge >= 0.3 is 11.9 Å². The second kappa shape index (κ2) is 16.1. The first kappa shape index (κ1) is 40.5. The number of para-hydroxylation sites is 2. The number of nitrogens with zero attached hydrogens (tertiary/aromatic N) is 4. The summed E-state index contributed by atoms with van der Waals surface area (Å²) in [5.74, 6) is -3.91. The Kier molecular flexibility index (Phi) is 10.3. The Morgan fingerprint density at radius 3 is 1.19 bits per heavy atom. The Hall–Kier alpha value is -9.28. The van der Waals surface area contributed by atoms with E-state index in [4.69, 9.17) is 0 Å². The Morgan fingerprint density at radius 1 is 0.524 bits per heavy atom. The van der Waals surface area contributed by atoms with Crippen LogP contribution in [0.2, 0.25) is 0 Å². The maximum Gasteiger partial charge on any atom is 0.335 e. The molecule has 312 valence electrons. The van der Waals surface area contributed by atoms with Gasteiger partial charge in [0, 0.05) is 25.2 Å². The highest BCUT2D eigenvalue weighted by atomic mass is 16.4. The Bertz CT molecular complexity index is 3280. The van der Waals surface area contributed by atoms with E-state index in [0.717, 1.165) is 44.5 Å². The maximum atomic E-state index is 14.4. The molecular formula is C45H32N8O10. The van der Waals surface area contributed by atoms with Crippen LogP contribution in [0.3, 0.4) is 0 Å². The molecule has 0 atom stereocenters. The lowest BCUT2D eigenvalue weighted by Gasteiger charge is -2.13. The summed E-state index contributed by atoms with van der Waals surface area (Å²) in [7, 11) is 0. The number of rotatable bonds is 10. The van der Waals surface area contributed by atoms with E-state index in [9.17, 15) is 48.6 Å². The largest absolute Gasteiger partial charge is 0.478 e. The van der Waals surface area contributed by atoms with Gasteiger partial charge in [0.05, 0.1) is 45.0 Å². The highest BCUT2D eigenvalue weighted by Crippen LogP contribution is 2.30. The predicted octanol–water partition coefficient (Wildman–Crippen LogP) is 5.80. The van der Waals surface area contributed by atoms with E-state index in [-0.39, 0.29) is 67.1 Å². The summed E-state index contributed by atoms with van der Waals surface area (Å²) in [6.45, 7) is 2.24. The normalized spacial score (nSPS) is 11.0. The highest BCUT2D eigenvalue weighted by molar-refractivity contribution is 6.02. The fourth-order valence-corrected chi connectivity index (χ4v) is 7.09. The van der Waals surface area contributed by atoms with Gasteiger partial charge in [0.15, 0.2) is 11.3 Å². The lowest BCUT2D eigenvalue weighted by molar-refractivity contribution is 0.0686. The van der Waals surface area contributed by atoms with Crippen LogP contribution in [0.4, 0.5) is 22.7 Å². The molecule has 18 nitrogen and oxygen atoms in total. The molecule has 0 saturated carbocycles. The van der Waals surface area contributed by atoms with Gasteiger partial charge in [-0.05, 0) is 84.9 Å². The molecule has 6 N–H and O–H groups in total. The first-order chi connectivity index (χ1) is 30.2. The van der Waals surface area contributed by atoms with Crippen molar-refractivity contribution in [3.05, 3.63) is 179 Å². The summed E-state index contributed by atoms with van der Waals surface area (Å²) in [6, 6.07) is 27.7. The Balaban J connectivity index is 1.40. The predicted molar refractivity (Wildman–Crippen MR) is 235 cm³/mol.